The van der Waals surface area contributed by atoms with Gasteiger partial charge in [-0.25, -0.2) is 0 Å². The fourth-order valence-electron chi connectivity index (χ4n) is 3.85. The van der Waals surface area contributed by atoms with Crippen LogP contribution in [0.5, 0.6) is 0 Å². The number of aliphatic imine (C=N–C) groups is 1. The molecule has 1 amide bonds. The summed E-state index contributed by atoms with van der Waals surface area (Å²) < 4.78 is 5.55. The number of carbonyl (C=O) groups excluding carboxylic acids is 1. The molecular formula is C22H35IN4O2. The van der Waals surface area contributed by atoms with Crippen molar-refractivity contribution < 1.29 is 9.53 Å². The fourth-order valence-corrected chi connectivity index (χ4v) is 3.85. The van der Waals surface area contributed by atoms with Crippen molar-refractivity contribution in [3.63, 3.8) is 0 Å². The van der Waals surface area contributed by atoms with Crippen molar-refractivity contribution in [2.24, 2.45) is 4.99 Å². The number of hydrogen-bond acceptors (Lipinski definition) is 3. The van der Waals surface area contributed by atoms with Crippen LogP contribution in [0.2, 0.25) is 0 Å². The lowest BCUT2D eigenvalue weighted by molar-refractivity contribution is -0.142. The summed E-state index contributed by atoms with van der Waals surface area (Å²) in [6, 6.07) is 10.6. The van der Waals surface area contributed by atoms with Crippen LogP contribution in [0.25, 0.3) is 0 Å². The number of ether oxygens (including phenoxy) is 1. The molecule has 2 saturated heterocycles. The van der Waals surface area contributed by atoms with E-state index < -0.39 is 0 Å². The number of amides is 1. The number of carbonyl (C=O) groups is 1. The highest BCUT2D eigenvalue weighted by molar-refractivity contribution is 14.0. The number of halogens is 1. The Labute approximate surface area is 192 Å². The Hall–Kier alpha value is -1.35. The van der Waals surface area contributed by atoms with Crippen molar-refractivity contribution in [2.45, 2.75) is 45.1 Å². The molecular weight excluding hydrogens is 479 g/mol. The second-order valence-electron chi connectivity index (χ2n) is 7.65. The van der Waals surface area contributed by atoms with Gasteiger partial charge in [-0.1, -0.05) is 37.3 Å². The van der Waals surface area contributed by atoms with Gasteiger partial charge < -0.3 is 19.9 Å². The number of benzene rings is 1. The zero-order valence-corrected chi connectivity index (χ0v) is 20.0. The highest BCUT2D eigenvalue weighted by Gasteiger charge is 2.30. The number of nitrogens with zero attached hydrogens (tertiary/aromatic N) is 3. The summed E-state index contributed by atoms with van der Waals surface area (Å²) in [5, 5.41) is 3.41. The Morgan fingerprint density at radius 3 is 2.52 bits per heavy atom. The predicted molar refractivity (Wildman–Crippen MR) is 128 cm³/mol. The third-order valence-corrected chi connectivity index (χ3v) is 5.62. The summed E-state index contributed by atoms with van der Waals surface area (Å²) in [5.41, 5.74) is 1.36. The molecule has 0 radical (unpaired) electrons. The van der Waals surface area contributed by atoms with E-state index in [-0.39, 0.29) is 36.0 Å². The molecule has 2 atom stereocenters. The van der Waals surface area contributed by atoms with Crippen LogP contribution >= 0.6 is 24.0 Å². The fraction of sp³-hybridized carbons (Fsp3) is 0.636. The van der Waals surface area contributed by atoms with Crippen LogP contribution in [0.3, 0.4) is 0 Å². The van der Waals surface area contributed by atoms with E-state index in [2.05, 4.69) is 54.4 Å². The molecule has 1 aromatic carbocycles. The summed E-state index contributed by atoms with van der Waals surface area (Å²) in [5.74, 6) is 1.62. The quantitative estimate of drug-likeness (QED) is 0.360. The molecule has 29 heavy (non-hydrogen) atoms. The van der Waals surface area contributed by atoms with Gasteiger partial charge in [0.15, 0.2) is 5.96 Å². The van der Waals surface area contributed by atoms with Crippen LogP contribution in [0, 0.1) is 0 Å². The van der Waals surface area contributed by atoms with E-state index in [4.69, 9.17) is 9.73 Å². The maximum Gasteiger partial charge on any atom is 0.251 e. The number of hydrogen-bond donors (Lipinski definition) is 1. The molecule has 0 aliphatic carbocycles. The predicted octanol–water partition coefficient (Wildman–Crippen LogP) is 3.09. The lowest BCUT2D eigenvalue weighted by Crippen LogP contribution is -2.55. The van der Waals surface area contributed by atoms with E-state index in [9.17, 15) is 4.79 Å². The van der Waals surface area contributed by atoms with E-state index in [1.165, 1.54) is 5.56 Å². The summed E-state index contributed by atoms with van der Waals surface area (Å²) >= 11 is 0. The summed E-state index contributed by atoms with van der Waals surface area (Å²) in [4.78, 5) is 21.6. The number of guanidine groups is 1. The molecule has 162 valence electrons. The molecule has 0 spiro atoms. The van der Waals surface area contributed by atoms with Crippen molar-refractivity contribution >= 4 is 35.8 Å². The molecule has 7 heteroatoms. The lowest BCUT2D eigenvalue weighted by atomic mass is 9.98. The molecule has 3 rings (SSSR count). The Morgan fingerprint density at radius 2 is 1.90 bits per heavy atom. The largest absolute Gasteiger partial charge is 0.368 e. The third-order valence-electron chi connectivity index (χ3n) is 5.62. The Bertz CT molecular complexity index is 641. The average Bonchev–Trinajstić information content (AvgIpc) is 3.28. The summed E-state index contributed by atoms with van der Waals surface area (Å²) in [7, 11) is 0. The monoisotopic (exact) mass is 514 g/mol. The number of rotatable bonds is 6. The SMILES string of the molecule is CCNC(=NCCC(C)c1ccccc1)N1CCN(C(=O)C2CCCO2)CC1.I. The van der Waals surface area contributed by atoms with E-state index in [0.717, 1.165) is 71.1 Å². The smallest absolute Gasteiger partial charge is 0.251 e. The van der Waals surface area contributed by atoms with E-state index in [1.807, 2.05) is 4.90 Å². The second kappa shape index (κ2) is 12.4. The van der Waals surface area contributed by atoms with E-state index >= 15 is 0 Å². The third kappa shape index (κ3) is 6.84. The van der Waals surface area contributed by atoms with Gasteiger partial charge in [0.05, 0.1) is 0 Å². The molecule has 2 aliphatic heterocycles. The molecule has 1 N–H and O–H groups in total. The summed E-state index contributed by atoms with van der Waals surface area (Å²) in [6.07, 6.45) is 2.67. The van der Waals surface area contributed by atoms with Crippen LogP contribution in [0.15, 0.2) is 35.3 Å². The first-order valence-electron chi connectivity index (χ1n) is 10.7. The molecule has 1 aromatic rings. The number of nitrogens with one attached hydrogen (secondary N) is 1. The van der Waals surface area contributed by atoms with Gasteiger partial charge in [-0.15, -0.1) is 24.0 Å². The zero-order valence-electron chi connectivity index (χ0n) is 17.7. The van der Waals surface area contributed by atoms with Crippen molar-refractivity contribution in [3.8, 4) is 0 Å². The maximum atomic E-state index is 12.5. The Balaban J connectivity index is 0.00000300. The van der Waals surface area contributed by atoms with Gasteiger partial charge in [0.1, 0.15) is 6.10 Å². The second-order valence-corrected chi connectivity index (χ2v) is 7.65. The van der Waals surface area contributed by atoms with Crippen LogP contribution < -0.4 is 5.32 Å². The molecule has 2 aliphatic rings. The minimum Gasteiger partial charge on any atom is -0.368 e. The molecule has 2 fully saturated rings. The van der Waals surface area contributed by atoms with Crippen molar-refractivity contribution in [1.29, 1.82) is 0 Å². The molecule has 2 unspecified atom stereocenters. The van der Waals surface area contributed by atoms with Gasteiger partial charge in [0.2, 0.25) is 0 Å². The first-order valence-corrected chi connectivity index (χ1v) is 10.7. The van der Waals surface area contributed by atoms with Gasteiger partial charge >= 0.3 is 0 Å². The zero-order chi connectivity index (χ0) is 19.8. The van der Waals surface area contributed by atoms with Gasteiger partial charge in [0, 0.05) is 45.9 Å². The van der Waals surface area contributed by atoms with Gasteiger partial charge in [-0.3, -0.25) is 9.79 Å². The standard InChI is InChI=1S/C22H34N4O2.HI/c1-3-23-22(24-12-11-18(2)19-8-5-4-6-9-19)26-15-13-25(14-16-26)21(27)20-10-7-17-28-20;/h4-6,8-9,18,20H,3,7,10-17H2,1-2H3,(H,23,24);1H. The van der Waals surface area contributed by atoms with Crippen molar-refractivity contribution in [2.75, 3.05) is 45.9 Å². The van der Waals surface area contributed by atoms with Gasteiger partial charge in [-0.05, 0) is 37.7 Å². The first-order chi connectivity index (χ1) is 13.7. The molecule has 0 saturated carbocycles. The van der Waals surface area contributed by atoms with Crippen molar-refractivity contribution in [1.82, 2.24) is 15.1 Å². The van der Waals surface area contributed by atoms with Crippen molar-refractivity contribution in [3.05, 3.63) is 35.9 Å². The van der Waals surface area contributed by atoms with Gasteiger partial charge in [0.25, 0.3) is 5.91 Å². The molecule has 0 bridgehead atoms. The minimum absolute atomic E-state index is 0. The lowest BCUT2D eigenvalue weighted by Gasteiger charge is -2.37. The Kier molecular flexibility index (Phi) is 10.2. The normalized spacial score (nSPS) is 20.9. The Morgan fingerprint density at radius 1 is 1.21 bits per heavy atom. The minimum atomic E-state index is -0.215. The average molecular weight is 514 g/mol. The molecule has 0 aromatic heterocycles. The molecule has 2 heterocycles. The van der Waals surface area contributed by atoms with E-state index in [0.29, 0.717) is 5.92 Å². The highest BCUT2D eigenvalue weighted by Crippen LogP contribution is 2.19. The van der Waals surface area contributed by atoms with Crippen LogP contribution in [0.4, 0.5) is 0 Å². The highest BCUT2D eigenvalue weighted by atomic mass is 127. The number of piperazine rings is 1. The van der Waals surface area contributed by atoms with Crippen LogP contribution in [-0.4, -0.2) is 73.6 Å². The topological polar surface area (TPSA) is 57.2 Å². The van der Waals surface area contributed by atoms with Crippen LogP contribution in [0.1, 0.15) is 44.6 Å². The first kappa shape index (κ1) is 23.9. The van der Waals surface area contributed by atoms with Crippen LogP contribution in [-0.2, 0) is 9.53 Å². The van der Waals surface area contributed by atoms with E-state index in [1.54, 1.807) is 0 Å². The maximum absolute atomic E-state index is 12.5. The summed E-state index contributed by atoms with van der Waals surface area (Å²) in [6.45, 7) is 9.83. The van der Waals surface area contributed by atoms with Gasteiger partial charge in [-0.2, -0.15) is 0 Å². The molecule has 6 nitrogen and oxygen atoms in total.